The van der Waals surface area contributed by atoms with Gasteiger partial charge >= 0.3 is 5.97 Å². The minimum absolute atomic E-state index is 0.00951. The molecule has 1 aromatic carbocycles. The lowest BCUT2D eigenvalue weighted by Gasteiger charge is -2.25. The predicted octanol–water partition coefficient (Wildman–Crippen LogP) is -1.10. The molecule has 0 saturated carbocycles. The minimum atomic E-state index is -1.29. The van der Waals surface area contributed by atoms with E-state index >= 15 is 0 Å². The van der Waals surface area contributed by atoms with E-state index in [0.717, 1.165) is 10.9 Å². The molecule has 1 aromatic heterocycles. The fourth-order valence-corrected chi connectivity index (χ4v) is 4.18. The van der Waals surface area contributed by atoms with Crippen molar-refractivity contribution in [3.05, 3.63) is 36.0 Å². The van der Waals surface area contributed by atoms with Gasteiger partial charge in [0.05, 0.1) is 6.04 Å². The van der Waals surface area contributed by atoms with Crippen LogP contribution >= 0.6 is 12.6 Å². The molecule has 4 amide bonds. The minimum Gasteiger partial charge on any atom is -0.480 e. The van der Waals surface area contributed by atoms with Gasteiger partial charge < -0.3 is 43.2 Å². The smallest absolute Gasteiger partial charge is 0.327 e. The SMILES string of the molecule is NCCCCC(N)C(=O)NC(CCC(N)=O)C(=O)NC(Cc1c[nH]c2ccccc12)C(=O)NC(CS)C(=O)O. The number of para-hydroxylation sites is 1. The molecule has 0 fully saturated rings. The van der Waals surface area contributed by atoms with Crippen molar-refractivity contribution in [2.24, 2.45) is 17.2 Å². The molecule has 0 aliphatic rings. The largest absolute Gasteiger partial charge is 0.480 e. The average Bonchev–Trinajstić information content (AvgIpc) is 3.31. The number of thiol groups is 1. The van der Waals surface area contributed by atoms with E-state index < -0.39 is 53.8 Å². The lowest BCUT2D eigenvalue weighted by molar-refractivity contribution is -0.141. The molecule has 0 bridgehead atoms. The molecule has 0 aliphatic carbocycles. The van der Waals surface area contributed by atoms with Crippen molar-refractivity contribution in [3.8, 4) is 0 Å². The van der Waals surface area contributed by atoms with E-state index in [0.29, 0.717) is 31.4 Å². The van der Waals surface area contributed by atoms with Crippen molar-refractivity contribution in [1.82, 2.24) is 20.9 Å². The van der Waals surface area contributed by atoms with Crippen molar-refractivity contribution in [1.29, 1.82) is 0 Å². The number of amides is 4. The number of H-pyrrole nitrogens is 1. The zero-order valence-electron chi connectivity index (χ0n) is 21.5. The van der Waals surface area contributed by atoms with Crippen LogP contribution in [0.5, 0.6) is 0 Å². The van der Waals surface area contributed by atoms with Crippen molar-refractivity contribution in [3.63, 3.8) is 0 Å². The van der Waals surface area contributed by atoms with Crippen LogP contribution in [0.3, 0.4) is 0 Å². The molecule has 1 heterocycles. The van der Waals surface area contributed by atoms with Gasteiger partial charge in [-0.15, -0.1) is 0 Å². The van der Waals surface area contributed by atoms with Gasteiger partial charge in [0.25, 0.3) is 0 Å². The lowest BCUT2D eigenvalue weighted by atomic mass is 10.0. The number of carboxylic acids is 1. The third-order valence-corrected chi connectivity index (χ3v) is 6.51. The molecule has 39 heavy (non-hydrogen) atoms. The Balaban J connectivity index is 2.27. The van der Waals surface area contributed by atoms with Gasteiger partial charge in [-0.05, 0) is 37.4 Å². The summed E-state index contributed by atoms with van der Waals surface area (Å²) >= 11 is 3.97. The van der Waals surface area contributed by atoms with Crippen LogP contribution in [0.1, 0.15) is 37.7 Å². The molecular weight excluding hydrogens is 526 g/mol. The van der Waals surface area contributed by atoms with E-state index in [-0.39, 0.29) is 25.0 Å². The molecule has 0 spiro atoms. The molecule has 4 unspecified atom stereocenters. The predicted molar refractivity (Wildman–Crippen MR) is 149 cm³/mol. The van der Waals surface area contributed by atoms with Gasteiger partial charge in [0, 0.05) is 35.7 Å². The van der Waals surface area contributed by atoms with Gasteiger partial charge in [0.1, 0.15) is 18.1 Å². The van der Waals surface area contributed by atoms with E-state index in [4.69, 9.17) is 17.2 Å². The highest BCUT2D eigenvalue weighted by Gasteiger charge is 2.31. The van der Waals surface area contributed by atoms with E-state index in [1.54, 1.807) is 6.20 Å². The quantitative estimate of drug-likeness (QED) is 0.0844. The van der Waals surface area contributed by atoms with Gasteiger partial charge in [-0.1, -0.05) is 24.6 Å². The second-order valence-electron chi connectivity index (χ2n) is 9.16. The molecule has 13 nitrogen and oxygen atoms in total. The Bertz CT molecular complexity index is 1160. The van der Waals surface area contributed by atoms with E-state index in [2.05, 4.69) is 33.6 Å². The number of fused-ring (bicyclic) bond motifs is 1. The fourth-order valence-electron chi connectivity index (χ4n) is 3.93. The van der Waals surface area contributed by atoms with Crippen LogP contribution in [0.15, 0.2) is 30.5 Å². The fraction of sp³-hybridized carbons (Fsp3) is 0.480. The number of rotatable bonds is 17. The summed E-state index contributed by atoms with van der Waals surface area (Å²) in [6.07, 6.45) is 3.01. The maximum Gasteiger partial charge on any atom is 0.327 e. The van der Waals surface area contributed by atoms with Crippen molar-refractivity contribution < 1.29 is 29.1 Å². The molecule has 4 atom stereocenters. The van der Waals surface area contributed by atoms with Gasteiger partial charge in [0.2, 0.25) is 23.6 Å². The summed E-state index contributed by atoms with van der Waals surface area (Å²) in [4.78, 5) is 65.1. The van der Waals surface area contributed by atoms with Crippen LogP contribution in [-0.2, 0) is 30.4 Å². The number of hydrogen-bond donors (Lipinski definition) is 9. The second-order valence-corrected chi connectivity index (χ2v) is 9.53. The Morgan fingerprint density at radius 3 is 2.21 bits per heavy atom. The van der Waals surface area contributed by atoms with Crippen LogP contribution in [0.2, 0.25) is 0 Å². The number of carbonyl (C=O) groups is 5. The third kappa shape index (κ3) is 9.89. The average molecular weight is 564 g/mol. The molecule has 14 heteroatoms. The number of aromatic nitrogens is 1. The molecular formula is C25H37N7O6S. The number of aliphatic carboxylic acids is 1. The van der Waals surface area contributed by atoms with Crippen molar-refractivity contribution in [2.75, 3.05) is 12.3 Å². The monoisotopic (exact) mass is 563 g/mol. The standard InChI is InChI=1S/C25H37N7O6S/c26-10-4-3-6-16(27)22(34)30-18(8-9-21(28)33)23(35)31-19(24(36)32-20(13-39)25(37)38)11-14-12-29-17-7-2-1-5-15(14)17/h1-2,5,7,12,16,18-20,29,39H,3-4,6,8-11,13,26-27H2,(H2,28,33)(H,30,34)(H,31,35)(H,32,36)(H,37,38). The van der Waals surface area contributed by atoms with Crippen LogP contribution in [0, 0.1) is 0 Å². The summed E-state index contributed by atoms with van der Waals surface area (Å²) in [5, 5.41) is 17.7. The van der Waals surface area contributed by atoms with Gasteiger partial charge in [-0.25, -0.2) is 4.79 Å². The molecule has 0 aliphatic heterocycles. The first-order valence-electron chi connectivity index (χ1n) is 12.6. The number of carboxylic acid groups (broad SMARTS) is 1. The van der Waals surface area contributed by atoms with Crippen molar-refractivity contribution in [2.45, 2.75) is 62.7 Å². The molecule has 0 saturated heterocycles. The first-order valence-corrected chi connectivity index (χ1v) is 13.2. The number of nitrogens with one attached hydrogen (secondary N) is 4. The van der Waals surface area contributed by atoms with Gasteiger partial charge in [-0.3, -0.25) is 19.2 Å². The summed E-state index contributed by atoms with van der Waals surface area (Å²) < 4.78 is 0. The molecule has 11 N–H and O–H groups in total. The van der Waals surface area contributed by atoms with E-state index in [1.165, 1.54) is 0 Å². The Kier molecular flexibility index (Phi) is 12.7. The number of carbonyl (C=O) groups excluding carboxylic acids is 4. The lowest BCUT2D eigenvalue weighted by Crippen LogP contribution is -2.58. The summed E-state index contributed by atoms with van der Waals surface area (Å²) in [6.45, 7) is 0.452. The second kappa shape index (κ2) is 15.7. The third-order valence-electron chi connectivity index (χ3n) is 6.15. The van der Waals surface area contributed by atoms with Gasteiger partial charge in [0.15, 0.2) is 0 Å². The number of unbranched alkanes of at least 4 members (excludes halogenated alkanes) is 1. The number of aromatic amines is 1. The van der Waals surface area contributed by atoms with E-state index in [9.17, 15) is 29.1 Å². The van der Waals surface area contributed by atoms with Crippen molar-refractivity contribution >= 4 is 53.1 Å². The maximum absolute atomic E-state index is 13.3. The highest BCUT2D eigenvalue weighted by molar-refractivity contribution is 7.80. The molecule has 214 valence electrons. The summed E-state index contributed by atoms with van der Waals surface area (Å²) in [5.41, 5.74) is 18.2. The Labute approximate surface area is 231 Å². The zero-order chi connectivity index (χ0) is 28.9. The van der Waals surface area contributed by atoms with Gasteiger partial charge in [-0.2, -0.15) is 12.6 Å². The normalized spacial score (nSPS) is 14.1. The zero-order valence-corrected chi connectivity index (χ0v) is 22.4. The number of primary amides is 1. The van der Waals surface area contributed by atoms with Crippen LogP contribution < -0.4 is 33.2 Å². The van der Waals surface area contributed by atoms with Crippen LogP contribution in [-0.4, -0.2) is 76.2 Å². The molecule has 0 radical (unpaired) electrons. The Morgan fingerprint density at radius 1 is 0.923 bits per heavy atom. The summed E-state index contributed by atoms with van der Waals surface area (Å²) in [5.74, 6) is -4.25. The topological polar surface area (TPSA) is 236 Å². The Morgan fingerprint density at radius 2 is 1.56 bits per heavy atom. The number of nitrogens with two attached hydrogens (primary N) is 3. The molecule has 2 rings (SSSR count). The maximum atomic E-state index is 13.3. The van der Waals surface area contributed by atoms with Crippen LogP contribution in [0.25, 0.3) is 10.9 Å². The highest BCUT2D eigenvalue weighted by atomic mass is 32.1. The first kappa shape index (κ1) is 31.6. The summed E-state index contributed by atoms with van der Waals surface area (Å²) in [7, 11) is 0. The number of benzene rings is 1. The first-order chi connectivity index (χ1) is 18.6. The Hall–Kier alpha value is -3.62. The van der Waals surface area contributed by atoms with Crippen LogP contribution in [0.4, 0.5) is 0 Å². The summed E-state index contributed by atoms with van der Waals surface area (Å²) in [6, 6.07) is 2.71. The molecule has 2 aromatic rings. The highest BCUT2D eigenvalue weighted by Crippen LogP contribution is 2.19. The number of hydrogen-bond acceptors (Lipinski definition) is 8. The van der Waals surface area contributed by atoms with E-state index in [1.807, 2.05) is 24.3 Å².